The third-order valence-corrected chi connectivity index (χ3v) is 10.3. The number of fused-ring (bicyclic) bond motifs is 1. The first-order valence-corrected chi connectivity index (χ1v) is 18.8. The lowest BCUT2D eigenvalue weighted by atomic mass is 9.99. The maximum atomic E-state index is 14.5. The summed E-state index contributed by atoms with van der Waals surface area (Å²) in [7, 11) is 0. The minimum absolute atomic E-state index is 0.125. The number of pyridine rings is 2. The lowest BCUT2D eigenvalue weighted by molar-refractivity contribution is -0.110. The van der Waals surface area contributed by atoms with E-state index in [4.69, 9.17) is 28.2 Å². The van der Waals surface area contributed by atoms with E-state index in [0.717, 1.165) is 52.7 Å². The number of piperidine rings is 1. The topological polar surface area (TPSA) is 121 Å². The van der Waals surface area contributed by atoms with Gasteiger partial charge in [0.05, 0.1) is 29.4 Å². The molecule has 5 heterocycles. The van der Waals surface area contributed by atoms with Crippen LogP contribution in [-0.4, -0.2) is 56.0 Å². The molecule has 1 unspecified atom stereocenters. The molecule has 10 nitrogen and oxygen atoms in total. The van der Waals surface area contributed by atoms with Gasteiger partial charge >= 0.3 is 0 Å². The summed E-state index contributed by atoms with van der Waals surface area (Å²) in [6.45, 7) is 5.52. The number of nitrogens with zero attached hydrogens (tertiary/aromatic N) is 5. The van der Waals surface area contributed by atoms with E-state index in [2.05, 4.69) is 42.0 Å². The first kappa shape index (κ1) is 37.3. The lowest BCUT2D eigenvalue weighted by Gasteiger charge is -2.33. The molecule has 2 amide bonds. The van der Waals surface area contributed by atoms with E-state index >= 15 is 0 Å². The molecule has 12 heteroatoms. The van der Waals surface area contributed by atoms with Crippen molar-refractivity contribution in [2.45, 2.75) is 38.8 Å². The van der Waals surface area contributed by atoms with Crippen LogP contribution in [0.2, 0.25) is 10.0 Å². The predicted octanol–water partition coefficient (Wildman–Crippen LogP) is 9.37. The highest BCUT2D eigenvalue weighted by Gasteiger charge is 2.29. The molecule has 0 saturated carbocycles. The smallest absolute Gasteiger partial charge is 0.272 e. The van der Waals surface area contributed by atoms with E-state index in [1.54, 1.807) is 12.4 Å². The van der Waals surface area contributed by atoms with Gasteiger partial charge in [-0.15, -0.1) is 0 Å². The van der Waals surface area contributed by atoms with Gasteiger partial charge in [-0.3, -0.25) is 14.6 Å². The predicted molar refractivity (Wildman–Crippen MR) is 221 cm³/mol. The molecule has 0 spiro atoms. The van der Waals surface area contributed by atoms with E-state index in [1.165, 1.54) is 5.56 Å². The zero-order chi connectivity index (χ0) is 38.3. The fourth-order valence-corrected chi connectivity index (χ4v) is 7.23. The molecule has 7 aromatic rings. The van der Waals surface area contributed by atoms with Crippen LogP contribution in [0.3, 0.4) is 0 Å². The van der Waals surface area contributed by atoms with E-state index in [-0.39, 0.29) is 18.0 Å². The highest BCUT2D eigenvalue weighted by Crippen LogP contribution is 2.42. The van der Waals surface area contributed by atoms with Gasteiger partial charge in [-0.2, -0.15) is 0 Å². The summed E-state index contributed by atoms with van der Waals surface area (Å²) >= 11 is 12.7. The van der Waals surface area contributed by atoms with Gasteiger partial charge in [-0.1, -0.05) is 77.8 Å². The lowest BCUT2D eigenvalue weighted by Crippen LogP contribution is -2.42. The highest BCUT2D eigenvalue weighted by atomic mass is 35.5. The van der Waals surface area contributed by atoms with Crippen molar-refractivity contribution in [1.82, 2.24) is 29.8 Å². The van der Waals surface area contributed by atoms with Gasteiger partial charge in [0.2, 0.25) is 6.41 Å². The first-order chi connectivity index (χ1) is 26.8. The fourth-order valence-electron chi connectivity index (χ4n) is 6.93. The van der Waals surface area contributed by atoms with Crippen LogP contribution < -0.4 is 15.5 Å². The number of halogens is 2. The SMILES string of the molecule is CC(c1ccc(Cl)cc1)n1cnc(-c2ccccc2)c1-c1c(C(=O)Nc2cccnc2N2CCC(NC=O)CC2)[nH]c2cc(Cl)ccc12.Cc1cccnc1. The van der Waals surface area contributed by atoms with E-state index in [1.807, 2.05) is 117 Å². The standard InChI is InChI=1S/C37H33Cl2N7O2.C6H7N/c1-23(24-9-11-26(38)12-10-24)46-21-41-33(25-6-3-2-4-7-25)35(46)32-29-14-13-27(39)20-31(29)43-34(32)37(48)44-30-8-5-17-40-36(30)45-18-15-28(16-19-45)42-22-47;1-6-3-2-4-7-5-6/h2-14,17,20-23,28,43H,15-16,18-19H2,1H3,(H,42,47)(H,44,48);2-5H,1H3. The molecule has 0 bridgehead atoms. The Bertz CT molecular complexity index is 2390. The van der Waals surface area contributed by atoms with Gasteiger partial charge in [0, 0.05) is 69.8 Å². The Balaban J connectivity index is 0.000000599. The summed E-state index contributed by atoms with van der Waals surface area (Å²) in [4.78, 5) is 44.4. The number of amides is 2. The van der Waals surface area contributed by atoms with Gasteiger partial charge in [0.25, 0.3) is 5.91 Å². The fraction of sp³-hybridized carbons (Fsp3) is 0.186. The van der Waals surface area contributed by atoms with Crippen LogP contribution in [0.4, 0.5) is 11.5 Å². The van der Waals surface area contributed by atoms with Crippen LogP contribution >= 0.6 is 23.2 Å². The second-order valence-electron chi connectivity index (χ2n) is 13.4. The van der Waals surface area contributed by atoms with Crippen molar-refractivity contribution >= 4 is 57.9 Å². The molecule has 1 atom stereocenters. The maximum Gasteiger partial charge on any atom is 0.272 e. The third-order valence-electron chi connectivity index (χ3n) is 9.78. The van der Waals surface area contributed by atoms with Gasteiger partial charge in [-0.05, 0) is 80.3 Å². The Labute approximate surface area is 329 Å². The maximum absolute atomic E-state index is 14.5. The van der Waals surface area contributed by atoms with Crippen molar-refractivity contribution in [3.05, 3.63) is 149 Å². The number of hydrogen-bond donors (Lipinski definition) is 3. The number of nitrogens with one attached hydrogen (secondary N) is 3. The van der Waals surface area contributed by atoms with Crippen LogP contribution in [-0.2, 0) is 4.79 Å². The van der Waals surface area contributed by atoms with Crippen LogP contribution in [0.5, 0.6) is 0 Å². The Morgan fingerprint density at radius 3 is 2.35 bits per heavy atom. The largest absolute Gasteiger partial charge is 0.356 e. The number of rotatable bonds is 9. The van der Waals surface area contributed by atoms with Crippen molar-refractivity contribution in [2.24, 2.45) is 0 Å². The molecule has 1 saturated heterocycles. The van der Waals surface area contributed by atoms with Gasteiger partial charge in [0.15, 0.2) is 5.82 Å². The molecule has 8 rings (SSSR count). The Kier molecular flexibility index (Phi) is 11.6. The molecule has 3 aromatic carbocycles. The minimum atomic E-state index is -0.324. The normalized spacial score (nSPS) is 13.5. The average Bonchev–Trinajstić information content (AvgIpc) is 3.81. The molecule has 4 aromatic heterocycles. The molecule has 1 aliphatic rings. The van der Waals surface area contributed by atoms with Crippen molar-refractivity contribution in [2.75, 3.05) is 23.3 Å². The number of imidazole rings is 1. The van der Waals surface area contributed by atoms with E-state index < -0.39 is 0 Å². The Morgan fingerprint density at radius 1 is 0.909 bits per heavy atom. The van der Waals surface area contributed by atoms with E-state index in [9.17, 15) is 9.59 Å². The summed E-state index contributed by atoms with van der Waals surface area (Å²) < 4.78 is 2.10. The van der Waals surface area contributed by atoms with Gasteiger partial charge in [0.1, 0.15) is 5.69 Å². The van der Waals surface area contributed by atoms with Crippen LogP contribution in [0.1, 0.15) is 47.4 Å². The first-order valence-electron chi connectivity index (χ1n) is 18.1. The van der Waals surface area contributed by atoms with Crippen molar-refractivity contribution in [3.8, 4) is 22.5 Å². The third kappa shape index (κ3) is 8.41. The zero-order valence-electron chi connectivity index (χ0n) is 30.4. The summed E-state index contributed by atoms with van der Waals surface area (Å²) in [6.07, 6.45) is 9.48. The molecule has 1 aliphatic heterocycles. The molecule has 1 fully saturated rings. The number of anilines is 2. The van der Waals surface area contributed by atoms with E-state index in [0.29, 0.717) is 45.9 Å². The van der Waals surface area contributed by atoms with Crippen LogP contribution in [0, 0.1) is 6.92 Å². The minimum Gasteiger partial charge on any atom is -0.356 e. The molecule has 278 valence electrons. The van der Waals surface area contributed by atoms with Gasteiger partial charge < -0.3 is 25.1 Å². The summed E-state index contributed by atoms with van der Waals surface area (Å²) in [6, 6.07) is 30.9. The zero-order valence-corrected chi connectivity index (χ0v) is 31.9. The summed E-state index contributed by atoms with van der Waals surface area (Å²) in [5.74, 6) is 0.359. The Morgan fingerprint density at radius 2 is 1.65 bits per heavy atom. The number of aryl methyl sites for hydroxylation is 1. The number of carbonyl (C=O) groups excluding carboxylic acids is 2. The molecular formula is C43H40Cl2N8O2. The van der Waals surface area contributed by atoms with Crippen LogP contribution in [0.15, 0.2) is 122 Å². The molecule has 3 N–H and O–H groups in total. The molecule has 0 aliphatic carbocycles. The van der Waals surface area contributed by atoms with Gasteiger partial charge in [-0.25, -0.2) is 9.97 Å². The quantitative estimate of drug-likeness (QED) is 0.126. The van der Waals surface area contributed by atoms with Crippen molar-refractivity contribution < 1.29 is 9.59 Å². The number of benzene rings is 3. The number of H-pyrrole nitrogens is 1. The number of carbonyl (C=O) groups is 2. The van der Waals surface area contributed by atoms with Crippen molar-refractivity contribution in [3.63, 3.8) is 0 Å². The highest BCUT2D eigenvalue weighted by molar-refractivity contribution is 6.31. The number of hydrogen-bond acceptors (Lipinski definition) is 6. The summed E-state index contributed by atoms with van der Waals surface area (Å²) in [5, 5.41) is 8.09. The molecule has 55 heavy (non-hydrogen) atoms. The monoisotopic (exact) mass is 770 g/mol. The summed E-state index contributed by atoms with van der Waals surface area (Å²) in [5.41, 5.74) is 7.12. The number of aromatic nitrogens is 5. The average molecular weight is 772 g/mol. The number of aromatic amines is 1. The Hall–Kier alpha value is -5.97. The second-order valence-corrected chi connectivity index (χ2v) is 14.3. The second kappa shape index (κ2) is 17.0. The van der Waals surface area contributed by atoms with Crippen LogP contribution in [0.25, 0.3) is 33.4 Å². The van der Waals surface area contributed by atoms with Crippen molar-refractivity contribution in [1.29, 1.82) is 0 Å². The molecular weight excluding hydrogens is 731 g/mol. The molecule has 0 radical (unpaired) electrons.